The maximum Gasteiger partial charge on any atom is 0.410 e. The van der Waals surface area contributed by atoms with Gasteiger partial charge in [0.25, 0.3) is 5.91 Å². The van der Waals surface area contributed by atoms with E-state index in [9.17, 15) is 14.0 Å². The average molecular weight is 416 g/mol. The molecule has 7 nitrogen and oxygen atoms in total. The van der Waals surface area contributed by atoms with Crippen LogP contribution in [-0.4, -0.2) is 51.9 Å². The number of piperidine rings is 1. The Bertz CT molecular complexity index is 919. The number of para-hydroxylation sites is 1. The Balaban J connectivity index is 1.60. The van der Waals surface area contributed by atoms with Gasteiger partial charge in [0.15, 0.2) is 0 Å². The third kappa shape index (κ3) is 5.17. The highest BCUT2D eigenvalue weighted by atomic mass is 19.1. The van der Waals surface area contributed by atoms with Gasteiger partial charge >= 0.3 is 6.09 Å². The second-order valence-corrected chi connectivity index (χ2v) is 8.65. The van der Waals surface area contributed by atoms with Crippen molar-refractivity contribution in [2.24, 2.45) is 5.92 Å². The van der Waals surface area contributed by atoms with Crippen LogP contribution in [0.1, 0.15) is 49.7 Å². The molecule has 0 radical (unpaired) electrons. The summed E-state index contributed by atoms with van der Waals surface area (Å²) in [7, 11) is 0. The van der Waals surface area contributed by atoms with Crippen molar-refractivity contribution in [2.45, 2.75) is 46.1 Å². The molecule has 0 bridgehead atoms. The molecule has 1 fully saturated rings. The van der Waals surface area contributed by atoms with Crippen molar-refractivity contribution in [2.75, 3.05) is 19.6 Å². The van der Waals surface area contributed by atoms with Crippen molar-refractivity contribution in [3.05, 3.63) is 47.5 Å². The predicted octanol–water partition coefficient (Wildman–Crippen LogP) is 3.70. The fraction of sp³-hybridized carbons (Fsp3) is 0.500. The number of halogens is 1. The zero-order chi connectivity index (χ0) is 21.9. The van der Waals surface area contributed by atoms with Crippen LogP contribution in [0.3, 0.4) is 0 Å². The summed E-state index contributed by atoms with van der Waals surface area (Å²) in [5.74, 6) is -0.512. The molecular weight excluding hydrogens is 387 g/mol. The lowest BCUT2D eigenvalue weighted by Crippen LogP contribution is -2.45. The summed E-state index contributed by atoms with van der Waals surface area (Å²) >= 11 is 0. The van der Waals surface area contributed by atoms with Crippen molar-refractivity contribution in [1.82, 2.24) is 20.0 Å². The second kappa shape index (κ2) is 8.85. The van der Waals surface area contributed by atoms with Gasteiger partial charge in [0, 0.05) is 19.6 Å². The Morgan fingerprint density at radius 1 is 1.30 bits per heavy atom. The van der Waals surface area contributed by atoms with Crippen molar-refractivity contribution >= 4 is 12.0 Å². The minimum absolute atomic E-state index is 0.150. The first-order valence-electron chi connectivity index (χ1n) is 10.2. The molecule has 1 N–H and O–H groups in total. The highest BCUT2D eigenvalue weighted by molar-refractivity contribution is 5.95. The summed E-state index contributed by atoms with van der Waals surface area (Å²) in [6.45, 7) is 8.92. The van der Waals surface area contributed by atoms with Gasteiger partial charge in [-0.1, -0.05) is 12.1 Å². The summed E-state index contributed by atoms with van der Waals surface area (Å²) < 4.78 is 20.9. The average Bonchev–Trinajstić information content (AvgIpc) is 3.07. The predicted molar refractivity (Wildman–Crippen MR) is 111 cm³/mol. The number of amides is 2. The molecule has 1 aliphatic heterocycles. The standard InChI is InChI=1S/C22H29FN4O3/c1-15-17(13-25-27(15)19-10-6-5-9-18(19)23)20(28)24-12-16-8-7-11-26(14-16)21(29)30-22(2,3)4/h5-6,9-10,13,16H,7-8,11-12,14H2,1-4H3,(H,24,28). The molecule has 162 valence electrons. The molecule has 1 aromatic heterocycles. The van der Waals surface area contributed by atoms with Crippen LogP contribution in [0.4, 0.5) is 9.18 Å². The SMILES string of the molecule is Cc1c(C(=O)NCC2CCCN(C(=O)OC(C)(C)C)C2)cnn1-c1ccccc1F. The third-order valence-corrected chi connectivity index (χ3v) is 5.06. The lowest BCUT2D eigenvalue weighted by molar-refractivity contribution is 0.0167. The quantitative estimate of drug-likeness (QED) is 0.825. The van der Waals surface area contributed by atoms with E-state index in [1.807, 2.05) is 20.8 Å². The molecule has 0 spiro atoms. The fourth-order valence-electron chi connectivity index (χ4n) is 3.56. The van der Waals surface area contributed by atoms with E-state index in [0.717, 1.165) is 12.8 Å². The normalized spacial score (nSPS) is 17.0. The minimum atomic E-state index is -0.534. The monoisotopic (exact) mass is 416 g/mol. The molecule has 1 atom stereocenters. The van der Waals surface area contributed by atoms with Gasteiger partial charge in [-0.2, -0.15) is 5.10 Å². The highest BCUT2D eigenvalue weighted by Crippen LogP contribution is 2.20. The summed E-state index contributed by atoms with van der Waals surface area (Å²) in [4.78, 5) is 26.7. The lowest BCUT2D eigenvalue weighted by Gasteiger charge is -2.34. The van der Waals surface area contributed by atoms with Crippen LogP contribution in [0.5, 0.6) is 0 Å². The van der Waals surface area contributed by atoms with Crippen LogP contribution < -0.4 is 5.32 Å². The number of carbonyl (C=O) groups excluding carboxylic acids is 2. The van der Waals surface area contributed by atoms with Gasteiger partial charge < -0.3 is 15.0 Å². The van der Waals surface area contributed by atoms with Gasteiger partial charge in [-0.3, -0.25) is 4.79 Å². The van der Waals surface area contributed by atoms with Gasteiger partial charge in [0.05, 0.1) is 17.5 Å². The van der Waals surface area contributed by atoms with Crippen LogP contribution in [0.25, 0.3) is 5.69 Å². The molecule has 1 unspecified atom stereocenters. The second-order valence-electron chi connectivity index (χ2n) is 8.65. The molecule has 2 heterocycles. The summed E-state index contributed by atoms with van der Waals surface area (Å²) in [6, 6.07) is 6.30. The van der Waals surface area contributed by atoms with E-state index < -0.39 is 11.4 Å². The Labute approximate surface area is 176 Å². The Kier molecular flexibility index (Phi) is 6.43. The minimum Gasteiger partial charge on any atom is -0.444 e. The Morgan fingerprint density at radius 3 is 2.73 bits per heavy atom. The summed E-state index contributed by atoms with van der Waals surface area (Å²) in [6.07, 6.45) is 2.92. The topological polar surface area (TPSA) is 76.5 Å². The largest absolute Gasteiger partial charge is 0.444 e. The van der Waals surface area contributed by atoms with Crippen LogP contribution in [-0.2, 0) is 4.74 Å². The number of likely N-dealkylation sites (tertiary alicyclic amines) is 1. The fourth-order valence-corrected chi connectivity index (χ4v) is 3.56. The van der Waals surface area contributed by atoms with Crippen molar-refractivity contribution in [1.29, 1.82) is 0 Å². The van der Waals surface area contributed by atoms with Crippen molar-refractivity contribution in [3.8, 4) is 5.69 Å². The third-order valence-electron chi connectivity index (χ3n) is 5.06. The van der Waals surface area contributed by atoms with E-state index in [1.165, 1.54) is 16.9 Å². The van der Waals surface area contributed by atoms with Crippen molar-refractivity contribution in [3.63, 3.8) is 0 Å². The number of hydrogen-bond donors (Lipinski definition) is 1. The molecule has 0 aliphatic carbocycles. The number of carbonyl (C=O) groups is 2. The Hall–Kier alpha value is -2.90. The van der Waals surface area contributed by atoms with Gasteiger partial charge in [0.2, 0.25) is 0 Å². The molecule has 8 heteroatoms. The zero-order valence-electron chi connectivity index (χ0n) is 17.9. The number of rotatable bonds is 4. The highest BCUT2D eigenvalue weighted by Gasteiger charge is 2.28. The first kappa shape index (κ1) is 21.8. The molecule has 0 saturated carbocycles. The number of ether oxygens (including phenoxy) is 1. The molecule has 30 heavy (non-hydrogen) atoms. The Morgan fingerprint density at radius 2 is 2.03 bits per heavy atom. The van der Waals surface area contributed by atoms with Gasteiger partial charge in [-0.25, -0.2) is 13.9 Å². The lowest BCUT2D eigenvalue weighted by atomic mass is 9.98. The molecule has 1 saturated heterocycles. The molecule has 1 aromatic carbocycles. The smallest absolute Gasteiger partial charge is 0.410 e. The van der Waals surface area contributed by atoms with Crippen LogP contribution in [0.15, 0.2) is 30.5 Å². The van der Waals surface area contributed by atoms with E-state index >= 15 is 0 Å². The maximum atomic E-state index is 14.1. The number of aromatic nitrogens is 2. The maximum absolute atomic E-state index is 14.1. The van der Waals surface area contributed by atoms with Crippen LogP contribution in [0, 0.1) is 18.7 Å². The van der Waals surface area contributed by atoms with E-state index in [-0.39, 0.29) is 17.9 Å². The van der Waals surface area contributed by atoms with Crippen LogP contribution in [0.2, 0.25) is 0 Å². The number of hydrogen-bond acceptors (Lipinski definition) is 4. The van der Waals surface area contributed by atoms with Gasteiger partial charge in [-0.15, -0.1) is 0 Å². The van der Waals surface area contributed by atoms with E-state index in [1.54, 1.807) is 30.0 Å². The molecule has 3 rings (SSSR count). The molecule has 2 aromatic rings. The molecule has 2 amide bonds. The zero-order valence-corrected chi connectivity index (χ0v) is 17.9. The first-order chi connectivity index (χ1) is 14.2. The van der Waals surface area contributed by atoms with Gasteiger partial charge in [0.1, 0.15) is 17.1 Å². The van der Waals surface area contributed by atoms with E-state index in [2.05, 4.69) is 10.4 Å². The summed E-state index contributed by atoms with van der Waals surface area (Å²) in [5, 5.41) is 7.11. The van der Waals surface area contributed by atoms with E-state index in [0.29, 0.717) is 36.6 Å². The first-order valence-corrected chi connectivity index (χ1v) is 10.2. The van der Waals surface area contributed by atoms with E-state index in [4.69, 9.17) is 4.74 Å². The van der Waals surface area contributed by atoms with Crippen molar-refractivity contribution < 1.29 is 18.7 Å². The van der Waals surface area contributed by atoms with Gasteiger partial charge in [-0.05, 0) is 58.6 Å². The summed E-state index contributed by atoms with van der Waals surface area (Å²) in [5.41, 5.74) is 0.734. The molecular formula is C22H29FN4O3. The number of benzene rings is 1. The van der Waals surface area contributed by atoms with Crippen LogP contribution >= 0.6 is 0 Å². The molecule has 1 aliphatic rings. The number of nitrogens with zero attached hydrogens (tertiary/aromatic N) is 3. The number of nitrogens with one attached hydrogen (secondary N) is 1.